The van der Waals surface area contributed by atoms with Crippen LogP contribution in [0.4, 0.5) is 42.2 Å². The summed E-state index contributed by atoms with van der Waals surface area (Å²) in [6.07, 6.45) is 3.73. The number of likely N-dealkylation sites (tertiary alicyclic amines) is 1. The minimum absolute atomic E-state index is 0.00802. The molecular weight excluding hydrogens is 651 g/mol. The minimum Gasteiger partial charge on any atom is -0.454 e. The van der Waals surface area contributed by atoms with Gasteiger partial charge in [0.05, 0.1) is 24.6 Å². The van der Waals surface area contributed by atoms with Gasteiger partial charge in [0.25, 0.3) is 5.92 Å². The van der Waals surface area contributed by atoms with E-state index < -0.39 is 41.6 Å². The van der Waals surface area contributed by atoms with Crippen LogP contribution < -0.4 is 14.5 Å². The van der Waals surface area contributed by atoms with E-state index in [4.69, 9.17) is 4.74 Å². The van der Waals surface area contributed by atoms with Crippen molar-refractivity contribution in [2.75, 3.05) is 55.6 Å². The van der Waals surface area contributed by atoms with Crippen molar-refractivity contribution in [3.05, 3.63) is 71.4 Å². The fourth-order valence-corrected chi connectivity index (χ4v) is 7.50. The fraction of sp³-hybridized carbons (Fsp3) is 0.500. The number of benzene rings is 2. The molecule has 3 saturated heterocycles. The lowest BCUT2D eigenvalue weighted by Gasteiger charge is -2.49. The minimum atomic E-state index is -4.95. The first kappa shape index (κ1) is 33.6. The van der Waals surface area contributed by atoms with Gasteiger partial charge >= 0.3 is 6.18 Å². The van der Waals surface area contributed by atoms with Gasteiger partial charge in [-0.25, -0.2) is 22.5 Å². The zero-order valence-corrected chi connectivity index (χ0v) is 27.0. The molecule has 3 aliphatic heterocycles. The highest BCUT2D eigenvalue weighted by Gasteiger charge is 2.45. The Bertz CT molecular complexity index is 1700. The fourth-order valence-electron chi connectivity index (χ4n) is 7.50. The lowest BCUT2D eigenvalue weighted by Crippen LogP contribution is -2.50. The number of para-hydroxylation sites is 1. The number of ether oxygens (including phenoxy) is 1. The van der Waals surface area contributed by atoms with Crippen LogP contribution in [0.2, 0.25) is 0 Å². The molecule has 4 fully saturated rings. The molecule has 1 spiro atoms. The molecule has 3 aromatic rings. The van der Waals surface area contributed by atoms with Crippen molar-refractivity contribution in [1.29, 1.82) is 0 Å². The Labute approximate surface area is 280 Å². The topological polar surface area (TPSA) is 44.7 Å². The molecule has 0 unspecified atom stereocenters. The predicted molar refractivity (Wildman–Crippen MR) is 173 cm³/mol. The second-order valence-corrected chi connectivity index (χ2v) is 14.0. The summed E-state index contributed by atoms with van der Waals surface area (Å²) in [5.74, 6) is -4.88. The van der Waals surface area contributed by atoms with Gasteiger partial charge in [-0.3, -0.25) is 4.98 Å². The molecule has 4 aliphatic rings. The van der Waals surface area contributed by atoms with Crippen LogP contribution >= 0.6 is 0 Å². The highest BCUT2D eigenvalue weighted by Crippen LogP contribution is 2.50. The Balaban J connectivity index is 1.27. The molecule has 49 heavy (non-hydrogen) atoms. The zero-order chi connectivity index (χ0) is 34.4. The highest BCUT2D eigenvalue weighted by molar-refractivity contribution is 5.84. The van der Waals surface area contributed by atoms with Gasteiger partial charge < -0.3 is 19.4 Å². The Morgan fingerprint density at radius 2 is 1.67 bits per heavy atom. The summed E-state index contributed by atoms with van der Waals surface area (Å²) in [6, 6.07) is 7.61. The predicted octanol–water partition coefficient (Wildman–Crippen LogP) is 8.83. The van der Waals surface area contributed by atoms with Gasteiger partial charge in [0.1, 0.15) is 22.8 Å². The van der Waals surface area contributed by atoms with E-state index in [1.807, 2.05) is 0 Å². The van der Waals surface area contributed by atoms with E-state index in [1.165, 1.54) is 48.2 Å². The maximum absolute atomic E-state index is 16.0. The zero-order valence-electron chi connectivity index (χ0n) is 27.0. The molecule has 0 N–H and O–H groups in total. The summed E-state index contributed by atoms with van der Waals surface area (Å²) in [7, 11) is 0. The Morgan fingerprint density at radius 3 is 2.37 bits per heavy atom. The van der Waals surface area contributed by atoms with Crippen LogP contribution in [0.15, 0.2) is 48.8 Å². The Kier molecular flexibility index (Phi) is 8.99. The average Bonchev–Trinajstić information content (AvgIpc) is 3.81. The van der Waals surface area contributed by atoms with Gasteiger partial charge in [0.2, 0.25) is 0 Å². The number of anilines is 2. The molecule has 0 atom stereocenters. The second-order valence-electron chi connectivity index (χ2n) is 14.0. The molecule has 262 valence electrons. The van der Waals surface area contributed by atoms with Gasteiger partial charge in [-0.2, -0.15) is 13.2 Å². The summed E-state index contributed by atoms with van der Waals surface area (Å²) in [5.41, 5.74) is -1.94. The first-order valence-electron chi connectivity index (χ1n) is 16.8. The molecule has 1 aliphatic carbocycles. The van der Waals surface area contributed by atoms with Gasteiger partial charge in [-0.05, 0) is 93.3 Å². The first-order chi connectivity index (χ1) is 23.4. The van der Waals surface area contributed by atoms with Crippen molar-refractivity contribution in [1.82, 2.24) is 14.9 Å². The van der Waals surface area contributed by atoms with Crippen molar-refractivity contribution in [3.8, 4) is 11.5 Å². The molecule has 0 radical (unpaired) electrons. The van der Waals surface area contributed by atoms with E-state index >= 15 is 17.6 Å². The number of alkyl halides is 5. The summed E-state index contributed by atoms with van der Waals surface area (Å²) in [4.78, 5) is 13.6. The van der Waals surface area contributed by atoms with Gasteiger partial charge in [0, 0.05) is 38.2 Å². The number of aromatic nitrogens is 2. The third-order valence-electron chi connectivity index (χ3n) is 10.3. The van der Waals surface area contributed by atoms with Crippen LogP contribution in [0.25, 0.3) is 11.9 Å². The number of hydrogen-bond donors (Lipinski definition) is 0. The van der Waals surface area contributed by atoms with E-state index in [9.17, 15) is 13.2 Å². The summed E-state index contributed by atoms with van der Waals surface area (Å²) in [6.45, 7) is 2.89. The van der Waals surface area contributed by atoms with E-state index in [2.05, 4.69) is 14.9 Å². The third kappa shape index (κ3) is 7.51. The first-order valence-corrected chi connectivity index (χ1v) is 16.8. The molecule has 13 heteroatoms. The molecule has 6 nitrogen and oxygen atoms in total. The van der Waals surface area contributed by atoms with Crippen LogP contribution in [-0.2, 0) is 6.18 Å². The highest BCUT2D eigenvalue weighted by atomic mass is 19.4. The number of rotatable bonds is 8. The molecule has 1 aromatic heterocycles. The van der Waals surface area contributed by atoms with E-state index in [0.29, 0.717) is 19.5 Å². The van der Waals surface area contributed by atoms with Crippen molar-refractivity contribution in [2.45, 2.75) is 57.0 Å². The summed E-state index contributed by atoms with van der Waals surface area (Å²) >= 11 is 0. The van der Waals surface area contributed by atoms with Crippen molar-refractivity contribution in [2.24, 2.45) is 11.3 Å². The second kappa shape index (κ2) is 13.1. The molecule has 2 aromatic carbocycles. The molecule has 0 bridgehead atoms. The number of nitrogens with zero attached hydrogens (tertiary/aromatic N) is 5. The normalized spacial score (nSPS) is 21.4. The van der Waals surface area contributed by atoms with Crippen molar-refractivity contribution < 1.29 is 35.5 Å². The smallest absolute Gasteiger partial charge is 0.422 e. The molecule has 7 rings (SSSR count). The largest absolute Gasteiger partial charge is 0.454 e. The number of hydrogen-bond acceptors (Lipinski definition) is 6. The van der Waals surface area contributed by atoms with Gasteiger partial charge in [-0.1, -0.05) is 12.1 Å². The molecule has 4 heterocycles. The molecule has 0 amide bonds. The molecule has 1 saturated carbocycles. The number of piperidine rings is 2. The lowest BCUT2D eigenvalue weighted by molar-refractivity contribution is -0.138. The Hall–Kier alpha value is -3.87. The van der Waals surface area contributed by atoms with Crippen LogP contribution in [0.5, 0.6) is 11.5 Å². The summed E-state index contributed by atoms with van der Waals surface area (Å²) < 4.78 is 110. The lowest BCUT2D eigenvalue weighted by atomic mass is 9.72. The number of halogens is 7. The van der Waals surface area contributed by atoms with Crippen LogP contribution in [0.3, 0.4) is 0 Å². The van der Waals surface area contributed by atoms with Gasteiger partial charge in [-0.15, -0.1) is 0 Å². The standard InChI is InChI=1S/C36H38F7N5O/c37-26-4-1-2-5-29(26)49-30-9-8-25(18-27(38)28-19-44-20-31(45-28)47-17-13-35(39,40)23-47)33(32(30)36(41,42)43)48-14-3-10-34(22-48)11-15-46(16-12-34)21-24-6-7-24/h1-2,4-5,8-9,18-20,24H,3,6-7,10-17,21-23H2/b27-18-. The van der Waals surface area contributed by atoms with Crippen molar-refractivity contribution >= 4 is 23.4 Å². The van der Waals surface area contributed by atoms with Crippen LogP contribution in [0, 0.1) is 17.2 Å². The maximum atomic E-state index is 16.0. The van der Waals surface area contributed by atoms with E-state index in [-0.39, 0.29) is 46.9 Å². The monoisotopic (exact) mass is 689 g/mol. The quantitative estimate of drug-likeness (QED) is 0.220. The van der Waals surface area contributed by atoms with E-state index in [1.54, 1.807) is 4.90 Å². The molecular formula is C36H38F7N5O. The van der Waals surface area contributed by atoms with Gasteiger partial charge in [0.15, 0.2) is 17.4 Å². The summed E-state index contributed by atoms with van der Waals surface area (Å²) in [5, 5.41) is 0. The SMILES string of the molecule is F/C(=C\c1ccc(Oc2ccccc2F)c(C(F)(F)F)c1N1CCCC2(CCN(CC3CC3)CC2)C1)c1cncc(N2CCC(F)(F)C2)n1. The van der Waals surface area contributed by atoms with Crippen LogP contribution in [-0.4, -0.2) is 66.6 Å². The van der Waals surface area contributed by atoms with Crippen molar-refractivity contribution in [3.63, 3.8) is 0 Å². The average molecular weight is 690 g/mol. The Morgan fingerprint density at radius 1 is 0.898 bits per heavy atom. The van der Waals surface area contributed by atoms with E-state index in [0.717, 1.165) is 69.2 Å². The van der Waals surface area contributed by atoms with Crippen LogP contribution in [0.1, 0.15) is 61.8 Å². The maximum Gasteiger partial charge on any atom is 0.422 e. The third-order valence-corrected chi connectivity index (χ3v) is 10.3.